The highest BCUT2D eigenvalue weighted by atomic mass is 16.5. The molecule has 4 heteroatoms. The molecule has 25 heavy (non-hydrogen) atoms. The van der Waals surface area contributed by atoms with Gasteiger partial charge in [-0.05, 0) is 36.2 Å². The highest BCUT2D eigenvalue weighted by Crippen LogP contribution is 2.24. The first kappa shape index (κ1) is 15.4. The highest BCUT2D eigenvalue weighted by Gasteiger charge is 2.22. The first-order valence-electron chi connectivity index (χ1n) is 8.40. The summed E-state index contributed by atoms with van der Waals surface area (Å²) < 4.78 is 5.89. The first-order chi connectivity index (χ1) is 12.4. The van der Waals surface area contributed by atoms with E-state index < -0.39 is 0 Å². The Hall–Kier alpha value is -3.14. The molecule has 4 nitrogen and oxygen atoms in total. The normalized spacial score (nSPS) is 16.2. The maximum atomic E-state index is 5.89. The molecule has 0 fully saturated rings. The van der Waals surface area contributed by atoms with Crippen LogP contribution < -0.4 is 5.32 Å². The molecule has 2 aromatic carbocycles. The van der Waals surface area contributed by atoms with Crippen molar-refractivity contribution < 1.29 is 4.74 Å². The molecule has 1 aliphatic rings. The zero-order valence-corrected chi connectivity index (χ0v) is 13.8. The molecule has 1 N–H and O–H groups in total. The van der Waals surface area contributed by atoms with Gasteiger partial charge in [-0.25, -0.2) is 9.98 Å². The molecule has 0 unspecified atom stereocenters. The summed E-state index contributed by atoms with van der Waals surface area (Å²) in [6.45, 7) is 0.613. The van der Waals surface area contributed by atoms with Gasteiger partial charge in [0.2, 0.25) is 5.90 Å². The predicted molar refractivity (Wildman–Crippen MR) is 100 cm³/mol. The van der Waals surface area contributed by atoms with Crippen molar-refractivity contribution in [3.8, 4) is 0 Å². The van der Waals surface area contributed by atoms with E-state index in [9.17, 15) is 0 Å². The minimum absolute atomic E-state index is 0.153. The molecule has 4 rings (SSSR count). The van der Waals surface area contributed by atoms with Crippen LogP contribution in [0.25, 0.3) is 0 Å². The summed E-state index contributed by atoms with van der Waals surface area (Å²) in [7, 11) is 0. The highest BCUT2D eigenvalue weighted by molar-refractivity contribution is 6.01. The standard InChI is InChI=1S/C21H19N3O/c1-2-8-16(9-3-1)14-17-15-25-21(23-17)18-10-4-5-11-19(18)24-20-12-6-7-13-22-20/h1-13,17H,14-15H2,(H,22,24)/t17-/m0/s1. The number of hydrogen-bond donors (Lipinski definition) is 1. The van der Waals surface area contributed by atoms with Crippen LogP contribution in [0.2, 0.25) is 0 Å². The molecule has 0 bridgehead atoms. The third-order valence-electron chi connectivity index (χ3n) is 4.11. The number of nitrogens with zero attached hydrogens (tertiary/aromatic N) is 2. The van der Waals surface area contributed by atoms with E-state index in [-0.39, 0.29) is 6.04 Å². The van der Waals surface area contributed by atoms with Crippen LogP contribution in [0.15, 0.2) is 84.0 Å². The third kappa shape index (κ3) is 3.69. The van der Waals surface area contributed by atoms with Crippen molar-refractivity contribution in [2.45, 2.75) is 12.5 Å². The first-order valence-corrected chi connectivity index (χ1v) is 8.40. The molecule has 3 aromatic rings. The van der Waals surface area contributed by atoms with Crippen LogP contribution in [0.3, 0.4) is 0 Å². The number of anilines is 2. The number of hydrogen-bond acceptors (Lipinski definition) is 4. The molecule has 1 atom stereocenters. The van der Waals surface area contributed by atoms with Crippen LogP contribution in [0.4, 0.5) is 11.5 Å². The maximum Gasteiger partial charge on any atom is 0.218 e. The van der Waals surface area contributed by atoms with E-state index in [1.54, 1.807) is 6.20 Å². The lowest BCUT2D eigenvalue weighted by atomic mass is 10.1. The van der Waals surface area contributed by atoms with E-state index in [0.717, 1.165) is 23.5 Å². The monoisotopic (exact) mass is 329 g/mol. The lowest BCUT2D eigenvalue weighted by Crippen LogP contribution is -2.09. The Bertz CT molecular complexity index is 863. The number of aromatic nitrogens is 1. The lowest BCUT2D eigenvalue weighted by Gasteiger charge is -2.10. The van der Waals surface area contributed by atoms with Crippen LogP contribution >= 0.6 is 0 Å². The molecular weight excluding hydrogens is 310 g/mol. The van der Waals surface area contributed by atoms with Gasteiger partial charge in [-0.1, -0.05) is 48.5 Å². The molecule has 0 amide bonds. The van der Waals surface area contributed by atoms with Gasteiger partial charge in [-0.15, -0.1) is 0 Å². The number of pyridine rings is 1. The number of aliphatic imine (C=N–C) groups is 1. The Morgan fingerprint density at radius 3 is 2.56 bits per heavy atom. The van der Waals surface area contributed by atoms with Gasteiger partial charge in [0, 0.05) is 6.20 Å². The molecule has 0 saturated carbocycles. The summed E-state index contributed by atoms with van der Waals surface area (Å²) in [5.41, 5.74) is 3.19. The number of nitrogens with one attached hydrogen (secondary N) is 1. The van der Waals surface area contributed by atoms with Crippen molar-refractivity contribution in [3.63, 3.8) is 0 Å². The Kier molecular flexibility index (Phi) is 4.42. The van der Waals surface area contributed by atoms with Gasteiger partial charge in [-0.2, -0.15) is 0 Å². The summed E-state index contributed by atoms with van der Waals surface area (Å²) >= 11 is 0. The van der Waals surface area contributed by atoms with E-state index in [2.05, 4.69) is 34.6 Å². The average molecular weight is 329 g/mol. The predicted octanol–water partition coefficient (Wildman–Crippen LogP) is 4.21. The SMILES string of the molecule is c1ccc(C[C@H]2COC(c3ccccc3Nc3ccccn3)=N2)cc1. The minimum atomic E-state index is 0.153. The fourth-order valence-corrected chi connectivity index (χ4v) is 2.91. The van der Waals surface area contributed by atoms with Crippen molar-refractivity contribution in [2.24, 2.45) is 4.99 Å². The topological polar surface area (TPSA) is 46.5 Å². The molecule has 1 aliphatic heterocycles. The fraction of sp³-hybridized carbons (Fsp3) is 0.143. The van der Waals surface area contributed by atoms with E-state index in [1.165, 1.54) is 5.56 Å². The smallest absolute Gasteiger partial charge is 0.218 e. The quantitative estimate of drug-likeness (QED) is 0.762. The number of para-hydroxylation sites is 1. The van der Waals surface area contributed by atoms with Crippen molar-refractivity contribution in [2.75, 3.05) is 11.9 Å². The number of rotatable bonds is 5. The summed E-state index contributed by atoms with van der Waals surface area (Å²) in [5, 5.41) is 3.34. The summed E-state index contributed by atoms with van der Waals surface area (Å²) in [4.78, 5) is 9.11. The third-order valence-corrected chi connectivity index (χ3v) is 4.11. The van der Waals surface area contributed by atoms with E-state index in [0.29, 0.717) is 12.5 Å². The van der Waals surface area contributed by atoms with Crippen LogP contribution in [-0.2, 0) is 11.2 Å². The second-order valence-electron chi connectivity index (χ2n) is 5.97. The Labute approximate surface area is 147 Å². The molecule has 0 saturated heterocycles. The second kappa shape index (κ2) is 7.18. The van der Waals surface area contributed by atoms with Gasteiger partial charge >= 0.3 is 0 Å². The molecule has 0 spiro atoms. The largest absolute Gasteiger partial charge is 0.475 e. The van der Waals surface area contributed by atoms with Gasteiger partial charge in [0.05, 0.1) is 17.3 Å². The zero-order chi connectivity index (χ0) is 16.9. The van der Waals surface area contributed by atoms with E-state index >= 15 is 0 Å². The Balaban J connectivity index is 1.55. The zero-order valence-electron chi connectivity index (χ0n) is 13.8. The van der Waals surface area contributed by atoms with Gasteiger partial charge in [0.25, 0.3) is 0 Å². The average Bonchev–Trinajstić information content (AvgIpc) is 3.12. The molecular formula is C21H19N3O. The molecule has 2 heterocycles. The Morgan fingerprint density at radius 1 is 0.920 bits per heavy atom. The van der Waals surface area contributed by atoms with Gasteiger partial charge < -0.3 is 10.1 Å². The van der Waals surface area contributed by atoms with Crippen LogP contribution in [0.1, 0.15) is 11.1 Å². The van der Waals surface area contributed by atoms with Crippen LogP contribution in [-0.4, -0.2) is 23.5 Å². The lowest BCUT2D eigenvalue weighted by molar-refractivity contribution is 0.317. The van der Waals surface area contributed by atoms with Gasteiger partial charge in [-0.3, -0.25) is 0 Å². The molecule has 0 aliphatic carbocycles. The summed E-state index contributed by atoms with van der Waals surface area (Å²) in [6.07, 6.45) is 2.66. The maximum absolute atomic E-state index is 5.89. The van der Waals surface area contributed by atoms with Crippen LogP contribution in [0, 0.1) is 0 Å². The number of benzene rings is 2. The fourth-order valence-electron chi connectivity index (χ4n) is 2.91. The summed E-state index contributed by atoms with van der Waals surface area (Å²) in [5.74, 6) is 1.49. The van der Waals surface area contributed by atoms with Crippen LogP contribution in [0.5, 0.6) is 0 Å². The van der Waals surface area contributed by atoms with Crippen molar-refractivity contribution in [1.82, 2.24) is 4.98 Å². The molecule has 0 radical (unpaired) electrons. The minimum Gasteiger partial charge on any atom is -0.475 e. The summed E-state index contributed by atoms with van der Waals surface area (Å²) in [6, 6.07) is 24.4. The van der Waals surface area contributed by atoms with Crippen molar-refractivity contribution in [1.29, 1.82) is 0 Å². The van der Waals surface area contributed by atoms with Crippen molar-refractivity contribution in [3.05, 3.63) is 90.1 Å². The Morgan fingerprint density at radius 2 is 1.72 bits per heavy atom. The van der Waals surface area contributed by atoms with E-state index in [1.807, 2.05) is 48.5 Å². The number of ether oxygens (including phenoxy) is 1. The van der Waals surface area contributed by atoms with E-state index in [4.69, 9.17) is 9.73 Å². The molecule has 1 aromatic heterocycles. The van der Waals surface area contributed by atoms with Crippen molar-refractivity contribution >= 4 is 17.4 Å². The second-order valence-corrected chi connectivity index (χ2v) is 5.97. The van der Waals surface area contributed by atoms with Gasteiger partial charge in [0.15, 0.2) is 0 Å². The molecule has 124 valence electrons. The van der Waals surface area contributed by atoms with Gasteiger partial charge in [0.1, 0.15) is 12.4 Å².